The van der Waals surface area contributed by atoms with E-state index in [0.717, 1.165) is 0 Å². The Morgan fingerprint density at radius 2 is 1.95 bits per heavy atom. The van der Waals surface area contributed by atoms with E-state index in [1.807, 2.05) is 0 Å². The lowest BCUT2D eigenvalue weighted by Crippen LogP contribution is -2.63. The highest BCUT2D eigenvalue weighted by Crippen LogP contribution is 2.53. The Morgan fingerprint density at radius 1 is 1.23 bits per heavy atom. The van der Waals surface area contributed by atoms with Crippen LogP contribution in [0, 0.1) is 11.8 Å². The van der Waals surface area contributed by atoms with Gasteiger partial charge >= 0.3 is 0 Å². The highest BCUT2D eigenvalue weighted by atomic mass is 16.5. The van der Waals surface area contributed by atoms with Gasteiger partial charge in [-0.15, -0.1) is 0 Å². The number of amides is 1. The molecule has 0 unspecified atom stereocenters. The molecular formula is C28H29N3O8. The predicted molar refractivity (Wildman–Crippen MR) is 138 cm³/mol. The second kappa shape index (κ2) is 9.30. The first-order chi connectivity index (χ1) is 18.4. The van der Waals surface area contributed by atoms with Crippen molar-refractivity contribution in [3.05, 3.63) is 69.8 Å². The zero-order valence-corrected chi connectivity index (χ0v) is 21.6. The molecule has 0 aliphatic heterocycles. The fraction of sp³-hybridized carbons (Fsp3) is 0.357. The van der Waals surface area contributed by atoms with Gasteiger partial charge in [-0.2, -0.15) is 0 Å². The van der Waals surface area contributed by atoms with E-state index in [9.17, 15) is 34.8 Å². The van der Waals surface area contributed by atoms with Gasteiger partial charge in [0, 0.05) is 35.9 Å². The quantitative estimate of drug-likeness (QED) is 0.350. The van der Waals surface area contributed by atoms with Gasteiger partial charge in [0.25, 0.3) is 5.91 Å². The van der Waals surface area contributed by atoms with E-state index >= 15 is 0 Å². The molecule has 0 fully saturated rings. The van der Waals surface area contributed by atoms with Crippen molar-refractivity contribution >= 4 is 17.5 Å². The van der Waals surface area contributed by atoms with Crippen molar-refractivity contribution in [1.29, 1.82) is 0 Å². The molecule has 2 aromatic rings. The van der Waals surface area contributed by atoms with Crippen LogP contribution in [0.3, 0.4) is 0 Å². The first kappa shape index (κ1) is 26.5. The van der Waals surface area contributed by atoms with Crippen LogP contribution >= 0.6 is 0 Å². The molecular weight excluding hydrogens is 506 g/mol. The summed E-state index contributed by atoms with van der Waals surface area (Å²) >= 11 is 0. The number of nitrogens with two attached hydrogens (primary N) is 1. The van der Waals surface area contributed by atoms with Crippen molar-refractivity contribution in [3.63, 3.8) is 0 Å². The fourth-order valence-corrected chi connectivity index (χ4v) is 6.39. The smallest absolute Gasteiger partial charge is 0.255 e. The summed E-state index contributed by atoms with van der Waals surface area (Å²) in [6.45, 7) is -0.0122. The Kier molecular flexibility index (Phi) is 6.33. The average Bonchev–Trinajstić information content (AvgIpc) is 2.88. The van der Waals surface area contributed by atoms with E-state index in [4.69, 9.17) is 10.5 Å². The number of phenols is 1. The van der Waals surface area contributed by atoms with Crippen LogP contribution in [0.5, 0.6) is 5.75 Å². The number of ether oxygens (including phenoxy) is 1. The van der Waals surface area contributed by atoms with Crippen molar-refractivity contribution in [2.75, 3.05) is 21.2 Å². The van der Waals surface area contributed by atoms with Gasteiger partial charge in [-0.3, -0.25) is 24.3 Å². The van der Waals surface area contributed by atoms with Crippen molar-refractivity contribution in [3.8, 4) is 17.0 Å². The number of pyridine rings is 1. The largest absolute Gasteiger partial charge is 0.510 e. The third kappa shape index (κ3) is 3.68. The zero-order chi connectivity index (χ0) is 28.4. The normalized spacial score (nSPS) is 26.4. The molecule has 5 rings (SSSR count). The number of ketones is 2. The van der Waals surface area contributed by atoms with Gasteiger partial charge in [-0.25, -0.2) is 0 Å². The highest BCUT2D eigenvalue weighted by molar-refractivity contribution is 6.25. The van der Waals surface area contributed by atoms with Crippen molar-refractivity contribution in [2.45, 2.75) is 31.1 Å². The molecule has 0 spiro atoms. The maximum absolute atomic E-state index is 14.0. The average molecular weight is 536 g/mol. The van der Waals surface area contributed by atoms with Gasteiger partial charge in [0.1, 0.15) is 22.8 Å². The first-order valence-electron chi connectivity index (χ1n) is 12.4. The summed E-state index contributed by atoms with van der Waals surface area (Å²) in [4.78, 5) is 45.5. The predicted octanol–water partition coefficient (Wildman–Crippen LogP) is 1.33. The molecule has 204 valence electrons. The van der Waals surface area contributed by atoms with E-state index in [2.05, 4.69) is 4.98 Å². The molecule has 0 bridgehead atoms. The van der Waals surface area contributed by atoms with Gasteiger partial charge in [0.05, 0.1) is 23.9 Å². The number of carbonyl (C=O) groups excluding carboxylic acids is 3. The minimum Gasteiger partial charge on any atom is -0.510 e. The van der Waals surface area contributed by atoms with Gasteiger partial charge < -0.3 is 30.9 Å². The molecule has 6 N–H and O–H groups in total. The molecule has 0 saturated heterocycles. The molecule has 11 nitrogen and oxygen atoms in total. The zero-order valence-electron chi connectivity index (χ0n) is 21.6. The molecule has 1 heterocycles. The number of likely N-dealkylation sites (N-methyl/N-ethyl adjacent to an activating group) is 1. The number of aliphatic hydroxyl groups excluding tert-OH is 2. The molecule has 3 aliphatic carbocycles. The lowest BCUT2D eigenvalue weighted by molar-refractivity contribution is -0.148. The number of benzene rings is 1. The van der Waals surface area contributed by atoms with Crippen LogP contribution in [-0.2, 0) is 27.4 Å². The van der Waals surface area contributed by atoms with Crippen LogP contribution in [-0.4, -0.2) is 80.6 Å². The standard InChI is InChI=1S/C28H29N3O8/c1-31(2)21-16-10-12-8-15-14(17-6-4-5-7-30-17)9-13(11-39-3)22(32)19(15)23(33)18(12)25(35)28(16,38)26(36)20(24(21)34)27(29)37/h4-7,9,12,16,21,32,34-35,38H,8,10-11H2,1-3H3,(H2,29,37)/t12-,16-,21-,28-/m0/s1. The summed E-state index contributed by atoms with van der Waals surface area (Å²) < 4.78 is 5.22. The third-order valence-electron chi connectivity index (χ3n) is 8.04. The number of nitrogens with zero attached hydrogens (tertiary/aromatic N) is 2. The number of aliphatic hydroxyl groups is 3. The molecule has 1 aromatic carbocycles. The van der Waals surface area contributed by atoms with Gasteiger partial charge in [0.15, 0.2) is 11.4 Å². The van der Waals surface area contributed by atoms with E-state index in [1.54, 1.807) is 44.6 Å². The summed E-state index contributed by atoms with van der Waals surface area (Å²) in [6, 6.07) is 5.97. The van der Waals surface area contributed by atoms with Gasteiger partial charge in [-0.1, -0.05) is 6.07 Å². The number of phenolic OH excluding ortho intramolecular Hbond substituents is 1. The molecule has 0 saturated carbocycles. The summed E-state index contributed by atoms with van der Waals surface area (Å²) in [5.41, 5.74) is 3.54. The summed E-state index contributed by atoms with van der Waals surface area (Å²) in [5, 5.41) is 45.2. The Balaban J connectivity index is 1.76. The second-order valence-electron chi connectivity index (χ2n) is 10.4. The minimum atomic E-state index is -2.69. The Labute approximate surface area is 223 Å². The second-order valence-corrected chi connectivity index (χ2v) is 10.4. The van der Waals surface area contributed by atoms with Crippen LogP contribution in [0.15, 0.2) is 53.1 Å². The number of carbonyl (C=O) groups is 3. The number of methoxy groups -OCH3 is 1. The highest BCUT2D eigenvalue weighted by Gasteiger charge is 2.63. The SMILES string of the molecule is COCc1cc(-c2ccccn2)c2c(c1O)C(=O)C1=C(O)[C@]3(O)C(=O)C(C(N)=O)=C(O)[C@@H](N(C)C)[C@@H]3C[C@@H]1C2. The molecule has 11 heteroatoms. The van der Waals surface area contributed by atoms with Crippen molar-refractivity contribution in [2.24, 2.45) is 17.6 Å². The van der Waals surface area contributed by atoms with E-state index in [1.165, 1.54) is 12.0 Å². The number of aromatic hydroxyl groups is 1. The van der Waals surface area contributed by atoms with Crippen LogP contribution in [0.4, 0.5) is 0 Å². The Morgan fingerprint density at radius 3 is 2.54 bits per heavy atom. The van der Waals surface area contributed by atoms with E-state index in [0.29, 0.717) is 22.4 Å². The number of rotatable bonds is 5. The molecule has 0 radical (unpaired) electrons. The van der Waals surface area contributed by atoms with Crippen molar-refractivity contribution < 1.29 is 39.5 Å². The minimum absolute atomic E-state index is 0.00794. The van der Waals surface area contributed by atoms with Crippen LogP contribution < -0.4 is 5.73 Å². The van der Waals surface area contributed by atoms with Crippen LogP contribution in [0.1, 0.15) is 27.9 Å². The molecule has 4 atom stereocenters. The first-order valence-corrected chi connectivity index (χ1v) is 12.4. The molecule has 3 aliphatic rings. The maximum Gasteiger partial charge on any atom is 0.255 e. The lowest BCUT2D eigenvalue weighted by atomic mass is 9.58. The summed E-state index contributed by atoms with van der Waals surface area (Å²) in [6.07, 6.45) is 1.78. The van der Waals surface area contributed by atoms with E-state index < -0.39 is 58.0 Å². The maximum atomic E-state index is 14.0. The van der Waals surface area contributed by atoms with Crippen LogP contribution in [0.2, 0.25) is 0 Å². The summed E-state index contributed by atoms with van der Waals surface area (Å²) in [5.74, 6) is -6.91. The van der Waals surface area contributed by atoms with Crippen LogP contribution in [0.25, 0.3) is 11.3 Å². The Bertz CT molecular complexity index is 1480. The molecule has 1 aromatic heterocycles. The number of Topliss-reactive ketones (excluding diaryl/α,β-unsaturated/α-hetero) is 2. The number of hydrogen-bond donors (Lipinski definition) is 5. The number of aromatic nitrogens is 1. The monoisotopic (exact) mass is 535 g/mol. The number of fused-ring (bicyclic) bond motifs is 3. The van der Waals surface area contributed by atoms with E-state index in [-0.39, 0.29) is 36.3 Å². The lowest BCUT2D eigenvalue weighted by Gasteiger charge is -2.50. The van der Waals surface area contributed by atoms with Gasteiger partial charge in [0.2, 0.25) is 5.78 Å². The summed E-state index contributed by atoms with van der Waals surface area (Å²) in [7, 11) is 4.61. The number of allylic oxidation sites excluding steroid dienone is 1. The molecule has 39 heavy (non-hydrogen) atoms. The fourth-order valence-electron chi connectivity index (χ4n) is 6.39. The topological polar surface area (TPSA) is 184 Å². The third-order valence-corrected chi connectivity index (χ3v) is 8.04. The Hall–Kier alpha value is -4.06. The van der Waals surface area contributed by atoms with Gasteiger partial charge in [-0.05, 0) is 56.6 Å². The number of hydrogen-bond acceptors (Lipinski definition) is 10. The number of primary amides is 1. The van der Waals surface area contributed by atoms with Crippen molar-refractivity contribution in [1.82, 2.24) is 9.88 Å². The molecule has 1 amide bonds.